The average molecular weight is 324 g/mol. The maximum absolute atomic E-state index is 10.4. The number of aromatic nitrogens is 1. The summed E-state index contributed by atoms with van der Waals surface area (Å²) < 4.78 is 4.55. The predicted octanol–water partition coefficient (Wildman–Crippen LogP) is 0.416. The highest BCUT2D eigenvalue weighted by atomic mass is 16.5. The highest BCUT2D eigenvalue weighted by molar-refractivity contribution is 5.75. The number of rotatable bonds is 3. The van der Waals surface area contributed by atoms with Crippen molar-refractivity contribution in [1.82, 2.24) is 15.2 Å². The van der Waals surface area contributed by atoms with Gasteiger partial charge in [0.15, 0.2) is 0 Å². The van der Waals surface area contributed by atoms with Crippen molar-refractivity contribution in [1.29, 1.82) is 0 Å². The molecule has 0 radical (unpaired) electrons. The van der Waals surface area contributed by atoms with E-state index >= 15 is 0 Å². The molecule has 0 bridgehead atoms. The van der Waals surface area contributed by atoms with Gasteiger partial charge in [-0.2, -0.15) is 0 Å². The van der Waals surface area contributed by atoms with E-state index in [9.17, 15) is 9.59 Å². The molecule has 1 fully saturated rings. The first-order valence-electron chi connectivity index (χ1n) is 7.53. The number of piperazine rings is 1. The van der Waals surface area contributed by atoms with Crippen molar-refractivity contribution in [2.24, 2.45) is 5.73 Å². The maximum Gasteiger partial charge on any atom is 0.293 e. The molecule has 1 aromatic rings. The number of amides is 1. The second-order valence-electron chi connectivity index (χ2n) is 5.84. The van der Waals surface area contributed by atoms with Gasteiger partial charge in [-0.25, -0.2) is 0 Å². The SMILES string of the molecule is CC(C)(C)OC=O.NC(=O)CN1CCNCC1.c1ccncc1. The zero-order valence-corrected chi connectivity index (χ0v) is 14.2. The summed E-state index contributed by atoms with van der Waals surface area (Å²) in [5, 5.41) is 3.19. The Labute approximate surface area is 138 Å². The van der Waals surface area contributed by atoms with Crippen LogP contribution in [-0.2, 0) is 14.3 Å². The molecule has 130 valence electrons. The zero-order chi connectivity index (χ0) is 17.6. The van der Waals surface area contributed by atoms with Crippen LogP contribution in [0, 0.1) is 0 Å². The van der Waals surface area contributed by atoms with Gasteiger partial charge in [0, 0.05) is 38.6 Å². The Morgan fingerprint density at radius 1 is 1.26 bits per heavy atom. The Kier molecular flexibility index (Phi) is 11.5. The zero-order valence-electron chi connectivity index (χ0n) is 14.2. The first-order chi connectivity index (χ1) is 10.8. The number of nitrogens with two attached hydrogens (primary N) is 1. The summed E-state index contributed by atoms with van der Waals surface area (Å²) in [4.78, 5) is 25.9. The van der Waals surface area contributed by atoms with Crippen LogP contribution in [0.3, 0.4) is 0 Å². The van der Waals surface area contributed by atoms with Crippen molar-refractivity contribution in [3.63, 3.8) is 0 Å². The summed E-state index contributed by atoms with van der Waals surface area (Å²) in [5.41, 5.74) is 4.70. The maximum atomic E-state index is 10.4. The minimum Gasteiger partial charge on any atom is -0.462 e. The largest absolute Gasteiger partial charge is 0.462 e. The molecule has 1 aliphatic heterocycles. The van der Waals surface area contributed by atoms with Crippen LogP contribution >= 0.6 is 0 Å². The minimum absolute atomic E-state index is 0.234. The summed E-state index contributed by atoms with van der Waals surface area (Å²) in [6.45, 7) is 10.1. The Bertz CT molecular complexity index is 388. The normalized spacial score (nSPS) is 14.4. The van der Waals surface area contributed by atoms with Crippen LogP contribution in [0.15, 0.2) is 30.6 Å². The lowest BCUT2D eigenvalue weighted by molar-refractivity contribution is -0.138. The number of hydrogen-bond donors (Lipinski definition) is 2. The number of hydrogen-bond acceptors (Lipinski definition) is 6. The van der Waals surface area contributed by atoms with E-state index in [1.165, 1.54) is 0 Å². The molecule has 0 aliphatic carbocycles. The van der Waals surface area contributed by atoms with Crippen molar-refractivity contribution in [3.05, 3.63) is 30.6 Å². The molecule has 2 rings (SSSR count). The number of nitrogens with one attached hydrogen (secondary N) is 1. The molecule has 0 aromatic carbocycles. The summed E-state index contributed by atoms with van der Waals surface area (Å²) in [6.07, 6.45) is 3.50. The van der Waals surface area contributed by atoms with Crippen molar-refractivity contribution in [3.8, 4) is 0 Å². The van der Waals surface area contributed by atoms with Gasteiger partial charge in [0.05, 0.1) is 6.54 Å². The van der Waals surface area contributed by atoms with Crippen molar-refractivity contribution in [2.45, 2.75) is 26.4 Å². The van der Waals surface area contributed by atoms with Gasteiger partial charge in [-0.3, -0.25) is 19.5 Å². The lowest BCUT2D eigenvalue weighted by atomic mass is 10.2. The van der Waals surface area contributed by atoms with E-state index < -0.39 is 0 Å². The molecule has 1 aromatic heterocycles. The second kappa shape index (κ2) is 12.5. The van der Waals surface area contributed by atoms with Crippen LogP contribution in [0.4, 0.5) is 0 Å². The Balaban J connectivity index is 0.000000329. The molecular weight excluding hydrogens is 296 g/mol. The van der Waals surface area contributed by atoms with E-state index in [1.807, 2.05) is 39.0 Å². The lowest BCUT2D eigenvalue weighted by Gasteiger charge is -2.25. The van der Waals surface area contributed by atoms with Crippen molar-refractivity contribution >= 4 is 12.4 Å². The molecule has 23 heavy (non-hydrogen) atoms. The minimum atomic E-state index is -0.318. The first-order valence-corrected chi connectivity index (χ1v) is 7.53. The molecule has 0 atom stereocenters. The van der Waals surface area contributed by atoms with Crippen LogP contribution in [0.25, 0.3) is 0 Å². The molecule has 0 saturated carbocycles. The average Bonchev–Trinajstić information content (AvgIpc) is 2.49. The molecule has 1 aliphatic rings. The van der Waals surface area contributed by atoms with Crippen LogP contribution in [0.5, 0.6) is 0 Å². The Morgan fingerprint density at radius 2 is 1.83 bits per heavy atom. The summed E-state index contributed by atoms with van der Waals surface area (Å²) in [6, 6.07) is 5.72. The summed E-state index contributed by atoms with van der Waals surface area (Å²) in [7, 11) is 0. The number of ether oxygens (including phenoxy) is 1. The fourth-order valence-corrected chi connectivity index (χ4v) is 1.55. The molecule has 1 saturated heterocycles. The van der Waals surface area contributed by atoms with Crippen LogP contribution < -0.4 is 11.1 Å². The molecule has 0 spiro atoms. The van der Waals surface area contributed by atoms with E-state index in [2.05, 4.69) is 19.9 Å². The smallest absolute Gasteiger partial charge is 0.293 e. The van der Waals surface area contributed by atoms with Crippen LogP contribution in [-0.4, -0.2) is 60.6 Å². The quantitative estimate of drug-likeness (QED) is 0.782. The lowest BCUT2D eigenvalue weighted by Crippen LogP contribution is -2.46. The van der Waals surface area contributed by atoms with Gasteiger partial charge >= 0.3 is 0 Å². The second-order valence-corrected chi connectivity index (χ2v) is 5.84. The van der Waals surface area contributed by atoms with Gasteiger partial charge in [-0.1, -0.05) is 6.07 Å². The standard InChI is InChI=1S/C6H13N3O.C5H5N.C5H10O2/c7-6(10)5-9-3-1-8-2-4-9;1-2-4-6-5-3-1;1-5(2,3)7-4-6/h8H,1-5H2,(H2,7,10);1-5H;4H,1-3H3. The van der Waals surface area contributed by atoms with E-state index in [-0.39, 0.29) is 11.5 Å². The molecule has 0 unspecified atom stereocenters. The highest BCUT2D eigenvalue weighted by Gasteiger charge is 2.10. The van der Waals surface area contributed by atoms with E-state index in [4.69, 9.17) is 5.73 Å². The number of primary amides is 1. The first kappa shape index (κ1) is 21.0. The third-order valence-electron chi connectivity index (χ3n) is 2.56. The van der Waals surface area contributed by atoms with Gasteiger partial charge in [-0.15, -0.1) is 0 Å². The summed E-state index contributed by atoms with van der Waals surface area (Å²) in [5.74, 6) is -0.234. The number of carbonyl (C=O) groups excluding carboxylic acids is 2. The van der Waals surface area contributed by atoms with E-state index in [1.54, 1.807) is 12.4 Å². The Morgan fingerprint density at radius 3 is 2.09 bits per heavy atom. The number of nitrogens with zero attached hydrogens (tertiary/aromatic N) is 2. The number of carbonyl (C=O) groups is 2. The molecule has 3 N–H and O–H groups in total. The van der Waals surface area contributed by atoms with Gasteiger partial charge in [0.1, 0.15) is 5.60 Å². The molecular formula is C16H28N4O3. The predicted molar refractivity (Wildman–Crippen MR) is 89.6 cm³/mol. The Hall–Kier alpha value is -1.99. The fourth-order valence-electron chi connectivity index (χ4n) is 1.55. The van der Waals surface area contributed by atoms with E-state index in [0.29, 0.717) is 13.0 Å². The third kappa shape index (κ3) is 16.2. The van der Waals surface area contributed by atoms with Crippen LogP contribution in [0.2, 0.25) is 0 Å². The number of pyridine rings is 1. The molecule has 1 amide bonds. The third-order valence-corrected chi connectivity index (χ3v) is 2.56. The van der Waals surface area contributed by atoms with Crippen molar-refractivity contribution in [2.75, 3.05) is 32.7 Å². The monoisotopic (exact) mass is 324 g/mol. The molecule has 7 heteroatoms. The van der Waals surface area contributed by atoms with Gasteiger partial charge < -0.3 is 15.8 Å². The fraction of sp³-hybridized carbons (Fsp3) is 0.562. The van der Waals surface area contributed by atoms with Crippen LogP contribution in [0.1, 0.15) is 20.8 Å². The topological polar surface area (TPSA) is 97.5 Å². The van der Waals surface area contributed by atoms with Crippen molar-refractivity contribution < 1.29 is 14.3 Å². The highest BCUT2D eigenvalue weighted by Crippen LogP contribution is 2.02. The molecule has 7 nitrogen and oxygen atoms in total. The van der Waals surface area contributed by atoms with Gasteiger partial charge in [0.2, 0.25) is 5.91 Å². The van der Waals surface area contributed by atoms with Gasteiger partial charge in [-0.05, 0) is 32.9 Å². The van der Waals surface area contributed by atoms with Gasteiger partial charge in [0.25, 0.3) is 6.47 Å². The molecule has 2 heterocycles. The summed E-state index contributed by atoms with van der Waals surface area (Å²) >= 11 is 0. The van der Waals surface area contributed by atoms with E-state index in [0.717, 1.165) is 26.2 Å².